The van der Waals surface area contributed by atoms with E-state index in [2.05, 4.69) is 10.6 Å². The molecule has 2 amide bonds. The van der Waals surface area contributed by atoms with E-state index in [1.54, 1.807) is 0 Å². The Bertz CT molecular complexity index is 757. The summed E-state index contributed by atoms with van der Waals surface area (Å²) in [4.78, 5) is 45.8. The molecular formula is C17H21N3O7. The second-order valence-electron chi connectivity index (χ2n) is 6.42. The maximum absolute atomic E-state index is 12.1. The van der Waals surface area contributed by atoms with Crippen molar-refractivity contribution in [2.45, 2.75) is 19.8 Å². The van der Waals surface area contributed by atoms with E-state index < -0.39 is 28.1 Å². The first-order chi connectivity index (χ1) is 12.7. The van der Waals surface area contributed by atoms with Gasteiger partial charge < -0.3 is 20.5 Å². The Kier molecular flexibility index (Phi) is 6.45. The van der Waals surface area contributed by atoms with E-state index in [1.165, 1.54) is 25.1 Å². The summed E-state index contributed by atoms with van der Waals surface area (Å²) >= 11 is 0. The highest BCUT2D eigenvalue weighted by Gasteiger charge is 2.40. The van der Waals surface area contributed by atoms with Gasteiger partial charge in [0.05, 0.1) is 16.9 Å². The van der Waals surface area contributed by atoms with E-state index in [0.717, 1.165) is 0 Å². The molecule has 2 rings (SSSR count). The second kappa shape index (κ2) is 8.58. The van der Waals surface area contributed by atoms with Gasteiger partial charge in [-0.1, -0.05) is 0 Å². The van der Waals surface area contributed by atoms with Gasteiger partial charge in [0.25, 0.3) is 11.6 Å². The minimum atomic E-state index is -1.06. The van der Waals surface area contributed by atoms with E-state index >= 15 is 0 Å². The van der Waals surface area contributed by atoms with Gasteiger partial charge >= 0.3 is 5.97 Å². The van der Waals surface area contributed by atoms with Crippen molar-refractivity contribution in [2.24, 2.45) is 5.41 Å². The smallest absolute Gasteiger partial charge is 0.311 e. The van der Waals surface area contributed by atoms with E-state index in [-0.39, 0.29) is 24.3 Å². The topological polar surface area (TPSA) is 148 Å². The number of rotatable bonds is 7. The highest BCUT2D eigenvalue weighted by Crippen LogP contribution is 2.30. The number of ether oxygens (including phenoxy) is 1. The predicted octanol–water partition coefficient (Wildman–Crippen LogP) is 0.631. The molecule has 1 heterocycles. The molecule has 0 atom stereocenters. The number of nitro groups is 1. The highest BCUT2D eigenvalue weighted by atomic mass is 16.6. The zero-order chi connectivity index (χ0) is 20.0. The van der Waals surface area contributed by atoms with Gasteiger partial charge in [-0.15, -0.1) is 0 Å². The lowest BCUT2D eigenvalue weighted by Gasteiger charge is -2.33. The minimum Gasteiger partial charge on any atom is -0.481 e. The Labute approximate surface area is 155 Å². The molecule has 0 unspecified atom stereocenters. The number of carbonyl (C=O) groups is 3. The fraction of sp³-hybridized carbons (Fsp3) is 0.471. The van der Waals surface area contributed by atoms with Crippen molar-refractivity contribution in [2.75, 3.05) is 26.3 Å². The molecule has 1 fully saturated rings. The Morgan fingerprint density at radius 1 is 1.26 bits per heavy atom. The summed E-state index contributed by atoms with van der Waals surface area (Å²) in [6.07, 6.45) is 0.605. The van der Waals surface area contributed by atoms with Crippen LogP contribution in [-0.2, 0) is 14.3 Å². The maximum atomic E-state index is 12.1. The summed E-state index contributed by atoms with van der Waals surface area (Å²) in [5.41, 5.74) is -0.634. The molecule has 0 spiro atoms. The van der Waals surface area contributed by atoms with Crippen LogP contribution in [0.25, 0.3) is 0 Å². The number of aliphatic carboxylic acids is 1. The molecule has 0 aromatic heterocycles. The van der Waals surface area contributed by atoms with Crippen LogP contribution in [0.5, 0.6) is 0 Å². The van der Waals surface area contributed by atoms with Crippen LogP contribution in [0, 0.1) is 22.5 Å². The number of carboxylic acid groups (broad SMARTS) is 1. The van der Waals surface area contributed by atoms with E-state index in [9.17, 15) is 29.6 Å². The molecule has 1 aromatic rings. The lowest BCUT2D eigenvalue weighted by Crippen LogP contribution is -2.48. The first-order valence-electron chi connectivity index (χ1n) is 8.36. The Morgan fingerprint density at radius 3 is 2.48 bits per heavy atom. The molecule has 146 valence electrons. The van der Waals surface area contributed by atoms with Crippen LogP contribution in [0.2, 0.25) is 0 Å². The number of hydrogen-bond donors (Lipinski definition) is 3. The molecule has 10 heteroatoms. The van der Waals surface area contributed by atoms with Crippen LogP contribution >= 0.6 is 0 Å². The molecule has 1 aliphatic rings. The fourth-order valence-corrected chi connectivity index (χ4v) is 2.82. The van der Waals surface area contributed by atoms with Crippen molar-refractivity contribution in [3.8, 4) is 0 Å². The number of carbonyl (C=O) groups excluding carboxylic acids is 2. The number of benzene rings is 1. The molecule has 1 aliphatic heterocycles. The van der Waals surface area contributed by atoms with Gasteiger partial charge in [0.1, 0.15) is 0 Å². The number of nitrogens with zero attached hydrogens (tertiary/aromatic N) is 1. The fourth-order valence-electron chi connectivity index (χ4n) is 2.82. The molecule has 1 aromatic carbocycles. The average molecular weight is 379 g/mol. The summed E-state index contributed by atoms with van der Waals surface area (Å²) in [6, 6.07) is 3.90. The lowest BCUT2D eigenvalue weighted by atomic mass is 9.80. The van der Waals surface area contributed by atoms with E-state index in [4.69, 9.17) is 4.74 Å². The number of amides is 2. The molecule has 3 N–H and O–H groups in total. The summed E-state index contributed by atoms with van der Waals surface area (Å²) in [5, 5.41) is 25.2. The Hall–Kier alpha value is -3.01. The molecule has 0 radical (unpaired) electrons. The van der Waals surface area contributed by atoms with Gasteiger partial charge in [0, 0.05) is 37.0 Å². The zero-order valence-corrected chi connectivity index (χ0v) is 14.8. The van der Waals surface area contributed by atoms with Crippen molar-refractivity contribution in [3.05, 3.63) is 39.4 Å². The number of nitrogens with one attached hydrogen (secondary N) is 2. The van der Waals surface area contributed by atoms with Crippen LogP contribution in [0.15, 0.2) is 18.2 Å². The number of nitro benzene ring substituents is 1. The van der Waals surface area contributed by atoms with Crippen molar-refractivity contribution >= 4 is 23.5 Å². The summed E-state index contributed by atoms with van der Waals surface area (Å²) < 4.78 is 5.17. The van der Waals surface area contributed by atoms with Crippen molar-refractivity contribution in [3.63, 3.8) is 0 Å². The normalized spacial score (nSPS) is 15.6. The van der Waals surface area contributed by atoms with Gasteiger partial charge in [-0.3, -0.25) is 24.5 Å². The minimum absolute atomic E-state index is 0.0446. The van der Waals surface area contributed by atoms with Crippen LogP contribution in [0.3, 0.4) is 0 Å². The van der Waals surface area contributed by atoms with Crippen LogP contribution in [0.1, 0.15) is 28.8 Å². The van der Waals surface area contributed by atoms with Crippen molar-refractivity contribution in [1.82, 2.24) is 10.6 Å². The van der Waals surface area contributed by atoms with Crippen molar-refractivity contribution in [1.29, 1.82) is 0 Å². The first kappa shape index (κ1) is 20.3. The van der Waals surface area contributed by atoms with E-state index in [0.29, 0.717) is 31.6 Å². The van der Waals surface area contributed by atoms with Gasteiger partial charge in [-0.25, -0.2) is 0 Å². The molecule has 0 saturated carbocycles. The van der Waals surface area contributed by atoms with Crippen molar-refractivity contribution < 1.29 is 29.2 Å². The monoisotopic (exact) mass is 379 g/mol. The van der Waals surface area contributed by atoms with Crippen LogP contribution in [0.4, 0.5) is 5.69 Å². The first-order valence-corrected chi connectivity index (χ1v) is 8.36. The summed E-state index contributed by atoms with van der Waals surface area (Å²) in [7, 11) is 0. The standard InChI is InChI=1S/C17H21N3O7/c1-11-8-12(2-3-13(11)20(25)26)15(22)18-9-14(21)19-10-17(16(23)24)4-6-27-7-5-17/h2-3,8H,4-7,9-10H2,1H3,(H,18,22)(H,19,21)(H,23,24). The van der Waals surface area contributed by atoms with Gasteiger partial charge in [0.15, 0.2) is 0 Å². The quantitative estimate of drug-likeness (QED) is 0.465. The lowest BCUT2D eigenvalue weighted by molar-refractivity contribution is -0.385. The number of aryl methyl sites for hydroxylation is 1. The van der Waals surface area contributed by atoms with Gasteiger partial charge in [0.2, 0.25) is 5.91 Å². The number of hydrogen-bond acceptors (Lipinski definition) is 6. The molecular weight excluding hydrogens is 358 g/mol. The van der Waals surface area contributed by atoms with Gasteiger partial charge in [-0.05, 0) is 31.9 Å². The third kappa shape index (κ3) is 5.00. The predicted molar refractivity (Wildman–Crippen MR) is 93.3 cm³/mol. The SMILES string of the molecule is Cc1cc(C(=O)NCC(=O)NCC2(C(=O)O)CCOCC2)ccc1[N+](=O)[O-]. The maximum Gasteiger partial charge on any atom is 0.311 e. The van der Waals surface area contributed by atoms with Crippen LogP contribution < -0.4 is 10.6 Å². The molecule has 0 aliphatic carbocycles. The summed E-state index contributed by atoms with van der Waals surface area (Å²) in [6.45, 7) is 1.77. The largest absolute Gasteiger partial charge is 0.481 e. The average Bonchev–Trinajstić information content (AvgIpc) is 2.64. The third-order valence-electron chi connectivity index (χ3n) is 4.59. The molecule has 10 nitrogen and oxygen atoms in total. The Morgan fingerprint density at radius 2 is 1.93 bits per heavy atom. The zero-order valence-electron chi connectivity index (χ0n) is 14.8. The van der Waals surface area contributed by atoms with Crippen LogP contribution in [-0.4, -0.2) is 54.1 Å². The molecule has 0 bridgehead atoms. The van der Waals surface area contributed by atoms with E-state index in [1.807, 2.05) is 0 Å². The number of carboxylic acids is 1. The second-order valence-corrected chi connectivity index (χ2v) is 6.42. The van der Waals surface area contributed by atoms with Gasteiger partial charge in [-0.2, -0.15) is 0 Å². The molecule has 1 saturated heterocycles. The third-order valence-corrected chi connectivity index (χ3v) is 4.59. The molecule has 27 heavy (non-hydrogen) atoms. The highest BCUT2D eigenvalue weighted by molar-refractivity contribution is 5.97. The summed E-state index contributed by atoms with van der Waals surface area (Å²) in [5.74, 6) is -2.06. The Balaban J connectivity index is 1.87.